The predicted molar refractivity (Wildman–Crippen MR) is 168 cm³/mol. The Morgan fingerprint density at radius 3 is 2.41 bits per heavy atom. The Balaban J connectivity index is 1.43. The van der Waals surface area contributed by atoms with Crippen LogP contribution in [-0.4, -0.2) is 27.0 Å². The standard InChI is InChI=1S/C33H34N2O7S2/c1-4-6-23-17-25(32(36)34-19-26-7-5-16-43-26)11-14-28(23)42-31(24-10-15-29-30(18-24)41-20-40-29)33(37)35-44(38,39)27-12-8-22(9-13-27)21(2)3/h5,7-18,21,31H,4,6,19-20H2,1-3H3,(H,34,36)(H,35,37). The van der Waals surface area contributed by atoms with Gasteiger partial charge in [-0.2, -0.15) is 0 Å². The van der Waals surface area contributed by atoms with Crippen LogP contribution in [0.1, 0.15) is 71.1 Å². The number of ether oxygens (including phenoxy) is 3. The van der Waals surface area contributed by atoms with Gasteiger partial charge >= 0.3 is 0 Å². The first-order valence-corrected chi connectivity index (χ1v) is 16.7. The summed E-state index contributed by atoms with van der Waals surface area (Å²) in [6.07, 6.45) is -0.0429. The van der Waals surface area contributed by atoms with E-state index in [0.29, 0.717) is 46.9 Å². The monoisotopic (exact) mass is 634 g/mol. The number of benzene rings is 3. The molecule has 0 fully saturated rings. The van der Waals surface area contributed by atoms with Gasteiger partial charge in [-0.05, 0) is 77.4 Å². The summed E-state index contributed by atoms with van der Waals surface area (Å²) in [6.45, 7) is 6.46. The van der Waals surface area contributed by atoms with E-state index in [-0.39, 0.29) is 23.5 Å². The van der Waals surface area contributed by atoms with Gasteiger partial charge in [0, 0.05) is 16.0 Å². The minimum Gasteiger partial charge on any atom is -0.475 e. The maximum absolute atomic E-state index is 13.7. The zero-order valence-electron chi connectivity index (χ0n) is 24.7. The number of amides is 2. The van der Waals surface area contributed by atoms with Crippen LogP contribution < -0.4 is 24.2 Å². The van der Waals surface area contributed by atoms with Gasteiger partial charge in [0.1, 0.15) is 5.75 Å². The molecule has 9 nitrogen and oxygen atoms in total. The average molecular weight is 635 g/mol. The molecule has 3 aromatic carbocycles. The Morgan fingerprint density at radius 2 is 1.70 bits per heavy atom. The van der Waals surface area contributed by atoms with Crippen LogP contribution in [0.25, 0.3) is 0 Å². The number of carbonyl (C=O) groups is 2. The van der Waals surface area contributed by atoms with E-state index in [2.05, 4.69) is 10.0 Å². The highest BCUT2D eigenvalue weighted by Crippen LogP contribution is 2.36. The normalized spacial score (nSPS) is 13.0. The number of carbonyl (C=O) groups excluding carboxylic acids is 2. The second kappa shape index (κ2) is 13.5. The fourth-order valence-corrected chi connectivity index (χ4v) is 6.36. The van der Waals surface area contributed by atoms with Gasteiger partial charge in [0.15, 0.2) is 11.5 Å². The van der Waals surface area contributed by atoms with Crippen LogP contribution in [-0.2, 0) is 27.8 Å². The second-order valence-electron chi connectivity index (χ2n) is 10.6. The molecule has 1 unspecified atom stereocenters. The van der Waals surface area contributed by atoms with E-state index in [9.17, 15) is 18.0 Å². The van der Waals surface area contributed by atoms with Crippen LogP contribution in [0.15, 0.2) is 83.1 Å². The first-order valence-electron chi connectivity index (χ1n) is 14.3. The highest BCUT2D eigenvalue weighted by molar-refractivity contribution is 7.90. The summed E-state index contributed by atoms with van der Waals surface area (Å²) in [7, 11) is -4.21. The molecule has 0 saturated heterocycles. The van der Waals surface area contributed by atoms with E-state index in [0.717, 1.165) is 16.9 Å². The van der Waals surface area contributed by atoms with Crippen molar-refractivity contribution in [1.82, 2.24) is 10.0 Å². The van der Waals surface area contributed by atoms with Crippen molar-refractivity contribution in [3.63, 3.8) is 0 Å². The van der Waals surface area contributed by atoms with Crippen LogP contribution in [0.4, 0.5) is 0 Å². The fourth-order valence-electron chi connectivity index (χ4n) is 4.74. The number of thiophene rings is 1. The lowest BCUT2D eigenvalue weighted by Gasteiger charge is -2.22. The maximum Gasteiger partial charge on any atom is 0.279 e. The molecule has 0 saturated carbocycles. The lowest BCUT2D eigenvalue weighted by atomic mass is 10.0. The highest BCUT2D eigenvalue weighted by atomic mass is 32.2. The molecule has 1 aliphatic heterocycles. The van der Waals surface area contributed by atoms with Crippen molar-refractivity contribution in [3.05, 3.63) is 105 Å². The van der Waals surface area contributed by atoms with E-state index >= 15 is 0 Å². The number of sulfonamides is 1. The van der Waals surface area contributed by atoms with E-state index in [1.807, 2.05) is 38.3 Å². The molecule has 11 heteroatoms. The topological polar surface area (TPSA) is 120 Å². The maximum atomic E-state index is 13.7. The third-order valence-corrected chi connectivity index (χ3v) is 9.36. The molecule has 1 aromatic heterocycles. The molecule has 5 rings (SSSR count). The Hall–Kier alpha value is -4.35. The summed E-state index contributed by atoms with van der Waals surface area (Å²) in [4.78, 5) is 27.6. The summed E-state index contributed by atoms with van der Waals surface area (Å²) in [5.74, 6) is 0.399. The van der Waals surface area contributed by atoms with Crippen molar-refractivity contribution in [2.75, 3.05) is 6.79 Å². The molecule has 0 radical (unpaired) electrons. The Kier molecular flexibility index (Phi) is 9.55. The van der Waals surface area contributed by atoms with Crippen LogP contribution in [0, 0.1) is 0 Å². The van der Waals surface area contributed by atoms with E-state index in [1.54, 1.807) is 59.9 Å². The summed E-state index contributed by atoms with van der Waals surface area (Å²) in [5.41, 5.74) is 2.51. The largest absolute Gasteiger partial charge is 0.475 e. The molecule has 2 N–H and O–H groups in total. The quantitative estimate of drug-likeness (QED) is 0.193. The first-order chi connectivity index (χ1) is 21.1. The minimum absolute atomic E-state index is 0.0356. The molecule has 1 atom stereocenters. The number of hydrogen-bond donors (Lipinski definition) is 2. The van der Waals surface area contributed by atoms with Crippen molar-refractivity contribution >= 4 is 33.2 Å². The fraction of sp³-hybridized carbons (Fsp3) is 0.273. The molecule has 2 heterocycles. The summed E-state index contributed by atoms with van der Waals surface area (Å²) < 4.78 is 45.9. The van der Waals surface area contributed by atoms with Crippen LogP contribution >= 0.6 is 11.3 Å². The molecule has 0 aliphatic carbocycles. The first kappa shape index (κ1) is 31.1. The van der Waals surface area contributed by atoms with Crippen molar-refractivity contribution in [3.8, 4) is 17.2 Å². The SMILES string of the molecule is CCCc1cc(C(=O)NCc2cccs2)ccc1OC(C(=O)NS(=O)(=O)c1ccc(C(C)C)cc1)c1ccc2c(c1)OCO2. The molecule has 0 bridgehead atoms. The van der Waals surface area contributed by atoms with Crippen molar-refractivity contribution in [1.29, 1.82) is 0 Å². The highest BCUT2D eigenvalue weighted by Gasteiger charge is 2.30. The van der Waals surface area contributed by atoms with E-state index in [4.69, 9.17) is 14.2 Å². The zero-order chi connectivity index (χ0) is 31.3. The molecule has 1 aliphatic rings. The second-order valence-corrected chi connectivity index (χ2v) is 13.4. The van der Waals surface area contributed by atoms with Gasteiger partial charge in [-0.3, -0.25) is 9.59 Å². The average Bonchev–Trinajstić information content (AvgIpc) is 3.71. The number of rotatable bonds is 12. The third-order valence-electron chi connectivity index (χ3n) is 7.12. The minimum atomic E-state index is -4.21. The van der Waals surface area contributed by atoms with Crippen molar-refractivity contribution in [2.45, 2.75) is 57.1 Å². The van der Waals surface area contributed by atoms with Gasteiger partial charge in [0.25, 0.3) is 21.8 Å². The Labute approximate surface area is 261 Å². The van der Waals surface area contributed by atoms with Gasteiger partial charge in [-0.15, -0.1) is 11.3 Å². The zero-order valence-corrected chi connectivity index (χ0v) is 26.3. The molecule has 4 aromatic rings. The Morgan fingerprint density at radius 1 is 0.955 bits per heavy atom. The van der Waals surface area contributed by atoms with Gasteiger partial charge in [-0.25, -0.2) is 13.1 Å². The molecular weight excluding hydrogens is 601 g/mol. The summed E-state index contributed by atoms with van der Waals surface area (Å²) >= 11 is 1.56. The lowest BCUT2D eigenvalue weighted by molar-refractivity contribution is -0.126. The molecule has 230 valence electrons. The summed E-state index contributed by atoms with van der Waals surface area (Å²) in [5, 5.41) is 4.88. The van der Waals surface area contributed by atoms with Crippen molar-refractivity contribution < 1.29 is 32.2 Å². The van der Waals surface area contributed by atoms with Gasteiger partial charge < -0.3 is 19.5 Å². The Bertz CT molecular complexity index is 1730. The van der Waals surface area contributed by atoms with Crippen LogP contribution in [0.5, 0.6) is 17.2 Å². The molecular formula is C33H34N2O7S2. The predicted octanol–water partition coefficient (Wildman–Crippen LogP) is 6.11. The van der Waals surface area contributed by atoms with Crippen LogP contribution in [0.2, 0.25) is 0 Å². The molecule has 0 spiro atoms. The number of nitrogens with one attached hydrogen (secondary N) is 2. The smallest absolute Gasteiger partial charge is 0.279 e. The van der Waals surface area contributed by atoms with E-state index < -0.39 is 22.0 Å². The van der Waals surface area contributed by atoms with Crippen molar-refractivity contribution in [2.24, 2.45) is 0 Å². The molecule has 2 amide bonds. The lowest BCUT2D eigenvalue weighted by Crippen LogP contribution is -2.37. The van der Waals surface area contributed by atoms with Gasteiger partial charge in [0.2, 0.25) is 12.9 Å². The number of aryl methyl sites for hydroxylation is 1. The van der Waals surface area contributed by atoms with Gasteiger partial charge in [-0.1, -0.05) is 51.5 Å². The summed E-state index contributed by atoms with van der Waals surface area (Å²) in [6, 6.07) is 20.2. The van der Waals surface area contributed by atoms with Crippen LogP contribution in [0.3, 0.4) is 0 Å². The van der Waals surface area contributed by atoms with E-state index in [1.165, 1.54) is 12.1 Å². The van der Waals surface area contributed by atoms with Gasteiger partial charge in [0.05, 0.1) is 11.4 Å². The third kappa shape index (κ3) is 7.23. The number of fused-ring (bicyclic) bond motifs is 1. The number of hydrogen-bond acceptors (Lipinski definition) is 8. The molecule has 44 heavy (non-hydrogen) atoms.